The monoisotopic (exact) mass is 416 g/mol. The van der Waals surface area contributed by atoms with Gasteiger partial charge in [0.25, 0.3) is 0 Å². The highest BCUT2D eigenvalue weighted by atomic mass is 32.1. The molecule has 0 aliphatic carbocycles. The summed E-state index contributed by atoms with van der Waals surface area (Å²) in [7, 11) is 0. The lowest BCUT2D eigenvalue weighted by molar-refractivity contribution is 0.0739. The second kappa shape index (κ2) is 8.05. The molecule has 2 heterocycles. The van der Waals surface area contributed by atoms with Gasteiger partial charge in [-0.05, 0) is 34.6 Å². The summed E-state index contributed by atoms with van der Waals surface area (Å²) < 4.78 is 11.2. The maximum absolute atomic E-state index is 12.2. The van der Waals surface area contributed by atoms with E-state index < -0.39 is 5.97 Å². The van der Waals surface area contributed by atoms with Crippen LogP contribution in [-0.2, 0) is 0 Å². The number of carbonyl (C=O) groups is 1. The second-order valence-electron chi connectivity index (χ2n) is 7.31. The lowest BCUT2D eigenvalue weighted by Crippen LogP contribution is -2.21. The zero-order valence-corrected chi connectivity index (χ0v) is 17.4. The fourth-order valence-electron chi connectivity index (χ4n) is 3.47. The summed E-state index contributed by atoms with van der Waals surface area (Å²) in [5.74, 6) is 0.530. The predicted molar refractivity (Wildman–Crippen MR) is 116 cm³/mol. The molecule has 0 saturated heterocycles. The molecular formula is C24H20N2O3S. The van der Waals surface area contributed by atoms with Gasteiger partial charge in [-0.25, -0.2) is 4.79 Å². The van der Waals surface area contributed by atoms with Gasteiger partial charge in [0, 0.05) is 11.6 Å². The van der Waals surface area contributed by atoms with Gasteiger partial charge in [0.2, 0.25) is 5.88 Å². The number of thiophene rings is 1. The first-order chi connectivity index (χ1) is 14.5. The average molecular weight is 417 g/mol. The molecule has 1 aliphatic heterocycles. The lowest BCUT2D eigenvalue weighted by atomic mass is 9.83. The Kier molecular flexibility index (Phi) is 5.30. The largest absolute Gasteiger partial charge is 0.440 e. The molecular weight excluding hydrogens is 396 g/mol. The van der Waals surface area contributed by atoms with Crippen molar-refractivity contribution >= 4 is 17.3 Å². The van der Waals surface area contributed by atoms with Crippen LogP contribution < -0.4 is 15.2 Å². The van der Waals surface area contributed by atoms with Crippen LogP contribution in [0, 0.1) is 11.3 Å². The van der Waals surface area contributed by atoms with Gasteiger partial charge in [-0.2, -0.15) is 5.26 Å². The van der Waals surface area contributed by atoms with Crippen LogP contribution >= 0.6 is 11.3 Å². The van der Waals surface area contributed by atoms with Gasteiger partial charge in [0.05, 0.1) is 5.92 Å². The predicted octanol–water partition coefficient (Wildman–Crippen LogP) is 5.31. The van der Waals surface area contributed by atoms with Crippen LogP contribution in [0.1, 0.15) is 52.0 Å². The number of hydrogen-bond donors (Lipinski definition) is 1. The van der Waals surface area contributed by atoms with E-state index in [4.69, 9.17) is 15.2 Å². The van der Waals surface area contributed by atoms with Crippen LogP contribution in [-0.4, -0.2) is 5.97 Å². The Morgan fingerprint density at radius 3 is 2.60 bits per heavy atom. The number of allylic oxidation sites excluding steroid dienone is 1. The number of hydrogen-bond acceptors (Lipinski definition) is 6. The van der Waals surface area contributed by atoms with Crippen LogP contribution in [0.4, 0.5) is 0 Å². The molecule has 0 amide bonds. The van der Waals surface area contributed by atoms with Crippen LogP contribution in [0.2, 0.25) is 0 Å². The molecule has 4 rings (SSSR count). The van der Waals surface area contributed by atoms with Crippen molar-refractivity contribution in [2.24, 2.45) is 5.73 Å². The molecule has 0 radical (unpaired) electrons. The Labute approximate surface area is 179 Å². The number of nitrogens with zero attached hydrogens (tertiary/aromatic N) is 1. The maximum atomic E-state index is 12.2. The van der Waals surface area contributed by atoms with E-state index in [9.17, 15) is 10.1 Å². The van der Waals surface area contributed by atoms with Crippen molar-refractivity contribution in [1.82, 2.24) is 0 Å². The van der Waals surface area contributed by atoms with E-state index in [1.54, 1.807) is 24.3 Å². The van der Waals surface area contributed by atoms with Crippen LogP contribution in [0.25, 0.3) is 0 Å². The highest BCUT2D eigenvalue weighted by Crippen LogP contribution is 2.43. The average Bonchev–Trinajstić information content (AvgIpc) is 3.28. The topological polar surface area (TPSA) is 85.3 Å². The number of fused-ring (bicyclic) bond motifs is 1. The van der Waals surface area contributed by atoms with Crippen LogP contribution in [0.5, 0.6) is 11.5 Å². The number of benzene rings is 2. The van der Waals surface area contributed by atoms with Gasteiger partial charge in [0.1, 0.15) is 28.0 Å². The standard InChI is InChI=1S/C24H20N2O3S/c1-14(2)15-5-7-16(8-6-15)22-18-10-9-17(28-24(27)21-4-3-11-30-21)12-20(18)29-23(26)19(22)13-25/h3-12,14,22H,26H2,1-2H3. The number of esters is 1. The Bertz CT molecular complexity index is 1160. The molecule has 2 N–H and O–H groups in total. The molecule has 0 fully saturated rings. The van der Waals surface area contributed by atoms with E-state index in [0.29, 0.717) is 27.9 Å². The zero-order chi connectivity index (χ0) is 21.3. The summed E-state index contributed by atoms with van der Waals surface area (Å²) in [4.78, 5) is 12.8. The van der Waals surface area contributed by atoms with Crippen molar-refractivity contribution in [2.45, 2.75) is 25.7 Å². The van der Waals surface area contributed by atoms with Crippen molar-refractivity contribution in [3.05, 3.63) is 93.0 Å². The molecule has 1 unspecified atom stereocenters. The summed E-state index contributed by atoms with van der Waals surface area (Å²) in [6, 6.07) is 19.0. The molecule has 6 heteroatoms. The van der Waals surface area contributed by atoms with Crippen LogP contribution in [0.15, 0.2) is 71.4 Å². The molecule has 3 aromatic rings. The Morgan fingerprint density at radius 2 is 1.97 bits per heavy atom. The third-order valence-electron chi connectivity index (χ3n) is 5.06. The van der Waals surface area contributed by atoms with Crippen molar-refractivity contribution < 1.29 is 14.3 Å². The highest BCUT2D eigenvalue weighted by Gasteiger charge is 2.31. The Hall–Kier alpha value is -3.56. The number of nitrogens with two attached hydrogens (primary N) is 1. The minimum absolute atomic E-state index is 0.0599. The third-order valence-corrected chi connectivity index (χ3v) is 5.91. The summed E-state index contributed by atoms with van der Waals surface area (Å²) in [5, 5.41) is 11.5. The molecule has 0 spiro atoms. The molecule has 5 nitrogen and oxygen atoms in total. The maximum Gasteiger partial charge on any atom is 0.353 e. The third kappa shape index (κ3) is 3.68. The van der Waals surface area contributed by atoms with E-state index in [1.807, 2.05) is 23.6 Å². The summed E-state index contributed by atoms with van der Waals surface area (Å²) in [6.45, 7) is 4.27. The molecule has 1 aliphatic rings. The smallest absolute Gasteiger partial charge is 0.353 e. The number of nitriles is 1. The molecule has 1 atom stereocenters. The first kappa shape index (κ1) is 19.7. The fraction of sp³-hybridized carbons (Fsp3) is 0.167. The Morgan fingerprint density at radius 1 is 1.20 bits per heavy atom. The van der Waals surface area contributed by atoms with E-state index >= 15 is 0 Å². The number of carbonyl (C=O) groups excluding carboxylic acids is 1. The van der Waals surface area contributed by atoms with E-state index in [2.05, 4.69) is 32.0 Å². The highest BCUT2D eigenvalue weighted by molar-refractivity contribution is 7.12. The minimum atomic E-state index is -0.428. The van der Waals surface area contributed by atoms with E-state index in [0.717, 1.165) is 11.1 Å². The Balaban J connectivity index is 1.70. The van der Waals surface area contributed by atoms with Crippen molar-refractivity contribution in [3.63, 3.8) is 0 Å². The summed E-state index contributed by atoms with van der Waals surface area (Å²) in [6.07, 6.45) is 0. The molecule has 150 valence electrons. The minimum Gasteiger partial charge on any atom is -0.440 e. The molecule has 0 bridgehead atoms. The van der Waals surface area contributed by atoms with E-state index in [-0.39, 0.29) is 11.8 Å². The lowest BCUT2D eigenvalue weighted by Gasteiger charge is -2.27. The van der Waals surface area contributed by atoms with Gasteiger partial charge >= 0.3 is 5.97 Å². The van der Waals surface area contributed by atoms with Gasteiger partial charge in [-0.15, -0.1) is 11.3 Å². The summed E-state index contributed by atoms with van der Waals surface area (Å²) >= 11 is 1.31. The quantitative estimate of drug-likeness (QED) is 0.460. The molecule has 1 aromatic heterocycles. The molecule has 30 heavy (non-hydrogen) atoms. The first-order valence-electron chi connectivity index (χ1n) is 9.55. The second-order valence-corrected chi connectivity index (χ2v) is 8.26. The van der Waals surface area contributed by atoms with Crippen molar-refractivity contribution in [1.29, 1.82) is 5.26 Å². The van der Waals surface area contributed by atoms with Crippen LogP contribution in [0.3, 0.4) is 0 Å². The first-order valence-corrected chi connectivity index (χ1v) is 10.4. The molecule has 2 aromatic carbocycles. The van der Waals surface area contributed by atoms with E-state index in [1.165, 1.54) is 16.9 Å². The fourth-order valence-corrected chi connectivity index (χ4v) is 4.07. The number of rotatable bonds is 4. The van der Waals surface area contributed by atoms with Gasteiger partial charge in [-0.1, -0.05) is 50.2 Å². The number of ether oxygens (including phenoxy) is 2. The van der Waals surface area contributed by atoms with Gasteiger partial charge in [-0.3, -0.25) is 0 Å². The molecule has 0 saturated carbocycles. The van der Waals surface area contributed by atoms with Crippen molar-refractivity contribution in [3.8, 4) is 17.6 Å². The summed E-state index contributed by atoms with van der Waals surface area (Å²) in [5.41, 5.74) is 9.40. The van der Waals surface area contributed by atoms with Gasteiger partial charge in [0.15, 0.2) is 0 Å². The zero-order valence-electron chi connectivity index (χ0n) is 16.6. The van der Waals surface area contributed by atoms with Crippen molar-refractivity contribution in [2.75, 3.05) is 0 Å². The van der Waals surface area contributed by atoms with Gasteiger partial charge < -0.3 is 15.2 Å². The SMILES string of the molecule is CC(C)c1ccc(C2C(C#N)=C(N)Oc3cc(OC(=O)c4cccs4)ccc32)cc1. The normalized spacial score (nSPS) is 15.3.